The summed E-state index contributed by atoms with van der Waals surface area (Å²) in [6.45, 7) is 3.92. The van der Waals surface area contributed by atoms with Crippen molar-refractivity contribution in [2.75, 3.05) is 5.32 Å². The third kappa shape index (κ3) is 3.88. The lowest BCUT2D eigenvalue weighted by atomic mass is 10.1. The van der Waals surface area contributed by atoms with Crippen LogP contribution < -0.4 is 5.32 Å². The van der Waals surface area contributed by atoms with Gasteiger partial charge >= 0.3 is 0 Å². The number of nitrogens with zero attached hydrogens (tertiary/aromatic N) is 4. The summed E-state index contributed by atoms with van der Waals surface area (Å²) < 4.78 is 13.3. The topological polar surface area (TPSA) is 72.7 Å². The number of aromatic nitrogens is 4. The first-order valence-electron chi connectivity index (χ1n) is 7.99. The van der Waals surface area contributed by atoms with Gasteiger partial charge in [-0.25, -0.2) is 4.39 Å². The fourth-order valence-electron chi connectivity index (χ4n) is 2.56. The van der Waals surface area contributed by atoms with E-state index in [4.69, 9.17) is 0 Å². The van der Waals surface area contributed by atoms with E-state index in [1.54, 1.807) is 12.1 Å². The van der Waals surface area contributed by atoms with Crippen LogP contribution in [0.4, 0.5) is 10.1 Å². The van der Waals surface area contributed by atoms with Crippen molar-refractivity contribution in [2.45, 2.75) is 26.8 Å². The van der Waals surface area contributed by atoms with Crippen molar-refractivity contribution in [2.24, 2.45) is 0 Å². The molecule has 25 heavy (non-hydrogen) atoms. The van der Waals surface area contributed by atoms with Crippen LogP contribution in [0.1, 0.15) is 18.1 Å². The maximum absolute atomic E-state index is 13.3. The number of carbonyl (C=O) groups excluding carboxylic acids is 1. The summed E-state index contributed by atoms with van der Waals surface area (Å²) in [5.41, 5.74) is 3.40. The van der Waals surface area contributed by atoms with E-state index in [-0.39, 0.29) is 24.1 Å². The highest BCUT2D eigenvalue weighted by atomic mass is 19.1. The van der Waals surface area contributed by atoms with Gasteiger partial charge in [-0.2, -0.15) is 4.80 Å². The highest BCUT2D eigenvalue weighted by Gasteiger charge is 2.12. The molecule has 3 rings (SSSR count). The molecule has 1 amide bonds. The highest BCUT2D eigenvalue weighted by molar-refractivity contribution is 5.92. The van der Waals surface area contributed by atoms with Crippen molar-refractivity contribution in [3.05, 3.63) is 59.4 Å². The van der Waals surface area contributed by atoms with E-state index in [0.717, 1.165) is 23.2 Å². The van der Waals surface area contributed by atoms with Crippen molar-refractivity contribution in [1.82, 2.24) is 20.2 Å². The molecule has 0 atom stereocenters. The van der Waals surface area contributed by atoms with Crippen LogP contribution in [0.25, 0.3) is 11.4 Å². The van der Waals surface area contributed by atoms with Gasteiger partial charge in [-0.15, -0.1) is 10.2 Å². The molecule has 0 aliphatic heterocycles. The summed E-state index contributed by atoms with van der Waals surface area (Å²) >= 11 is 0. The first kappa shape index (κ1) is 16.8. The fourth-order valence-corrected chi connectivity index (χ4v) is 2.56. The third-order valence-electron chi connectivity index (χ3n) is 3.83. The summed E-state index contributed by atoms with van der Waals surface area (Å²) in [7, 11) is 0. The van der Waals surface area contributed by atoms with Crippen LogP contribution in [0.5, 0.6) is 0 Å². The Kier molecular flexibility index (Phi) is 4.83. The van der Waals surface area contributed by atoms with Crippen LogP contribution in [-0.2, 0) is 17.8 Å². The maximum atomic E-state index is 13.3. The van der Waals surface area contributed by atoms with Crippen molar-refractivity contribution in [3.8, 4) is 11.4 Å². The van der Waals surface area contributed by atoms with Gasteiger partial charge in [0, 0.05) is 11.3 Å². The number of amides is 1. The van der Waals surface area contributed by atoms with Crippen LogP contribution in [0.15, 0.2) is 42.5 Å². The molecule has 2 aromatic carbocycles. The monoisotopic (exact) mass is 339 g/mol. The first-order chi connectivity index (χ1) is 12.1. The molecule has 0 radical (unpaired) electrons. The van der Waals surface area contributed by atoms with Gasteiger partial charge in [0.15, 0.2) is 0 Å². The molecule has 1 N–H and O–H groups in total. The quantitative estimate of drug-likeness (QED) is 0.775. The number of benzene rings is 2. The maximum Gasteiger partial charge on any atom is 0.248 e. The van der Waals surface area contributed by atoms with Gasteiger partial charge in [0.25, 0.3) is 0 Å². The number of para-hydroxylation sites is 1. The molecule has 0 aliphatic rings. The van der Waals surface area contributed by atoms with Gasteiger partial charge in [0.1, 0.15) is 12.4 Å². The van der Waals surface area contributed by atoms with Gasteiger partial charge in [0.2, 0.25) is 11.7 Å². The van der Waals surface area contributed by atoms with E-state index < -0.39 is 0 Å². The summed E-state index contributed by atoms with van der Waals surface area (Å²) in [6, 6.07) is 11.8. The zero-order valence-electron chi connectivity index (χ0n) is 14.0. The van der Waals surface area contributed by atoms with E-state index in [2.05, 4.69) is 20.7 Å². The fraction of sp³-hybridized carbons (Fsp3) is 0.222. The van der Waals surface area contributed by atoms with Gasteiger partial charge in [0.05, 0.1) is 0 Å². The van der Waals surface area contributed by atoms with Crippen LogP contribution in [0.2, 0.25) is 0 Å². The Morgan fingerprint density at radius 2 is 2.04 bits per heavy atom. The number of anilines is 1. The third-order valence-corrected chi connectivity index (χ3v) is 3.83. The molecule has 1 heterocycles. The minimum Gasteiger partial charge on any atom is -0.324 e. The lowest BCUT2D eigenvalue weighted by Crippen LogP contribution is -2.21. The summed E-state index contributed by atoms with van der Waals surface area (Å²) in [4.78, 5) is 13.5. The SMILES string of the molecule is CCc1cccc(C)c1NC(=O)Cn1nnc(-c2cccc(F)c2)n1. The number of hydrogen-bond acceptors (Lipinski definition) is 4. The second-order valence-corrected chi connectivity index (χ2v) is 5.66. The normalized spacial score (nSPS) is 10.7. The van der Waals surface area contributed by atoms with Crippen molar-refractivity contribution < 1.29 is 9.18 Å². The number of tetrazole rings is 1. The zero-order valence-corrected chi connectivity index (χ0v) is 14.0. The average Bonchev–Trinajstić information content (AvgIpc) is 3.05. The van der Waals surface area contributed by atoms with Crippen LogP contribution >= 0.6 is 0 Å². The number of carbonyl (C=O) groups is 1. The summed E-state index contributed by atoms with van der Waals surface area (Å²) in [6.07, 6.45) is 0.822. The number of rotatable bonds is 5. The standard InChI is InChI=1S/C18H18FN5O/c1-3-13-7-4-6-12(2)17(13)20-16(25)11-24-22-18(21-23-24)14-8-5-9-15(19)10-14/h4-10H,3,11H2,1-2H3,(H,20,25). The molecular weight excluding hydrogens is 321 g/mol. The number of hydrogen-bond donors (Lipinski definition) is 1. The van der Waals surface area contributed by atoms with Gasteiger partial charge < -0.3 is 5.32 Å². The Bertz CT molecular complexity index is 906. The molecule has 0 spiro atoms. The molecule has 1 aromatic heterocycles. The van der Waals surface area contributed by atoms with Crippen molar-refractivity contribution >= 4 is 11.6 Å². The minimum absolute atomic E-state index is 0.0696. The number of halogens is 1. The van der Waals surface area contributed by atoms with E-state index in [1.807, 2.05) is 32.0 Å². The molecule has 0 saturated heterocycles. The molecule has 3 aromatic rings. The largest absolute Gasteiger partial charge is 0.324 e. The predicted molar refractivity (Wildman–Crippen MR) is 92.4 cm³/mol. The van der Waals surface area contributed by atoms with Crippen LogP contribution in [0, 0.1) is 12.7 Å². The molecule has 6 nitrogen and oxygen atoms in total. The smallest absolute Gasteiger partial charge is 0.248 e. The number of nitrogens with one attached hydrogen (secondary N) is 1. The molecule has 0 bridgehead atoms. The molecule has 0 saturated carbocycles. The first-order valence-corrected chi connectivity index (χ1v) is 7.99. The molecule has 0 unspecified atom stereocenters. The molecule has 0 aliphatic carbocycles. The average molecular weight is 339 g/mol. The molecular formula is C18H18FN5O. The lowest BCUT2D eigenvalue weighted by molar-refractivity contribution is -0.117. The Labute approximate surface area is 144 Å². The summed E-state index contributed by atoms with van der Waals surface area (Å²) in [5, 5.41) is 14.8. The molecule has 7 heteroatoms. The van der Waals surface area contributed by atoms with Gasteiger partial charge in [-0.05, 0) is 41.8 Å². The minimum atomic E-state index is -0.377. The number of aryl methyl sites for hydroxylation is 2. The lowest BCUT2D eigenvalue weighted by Gasteiger charge is -2.12. The Hall–Kier alpha value is -3.09. The van der Waals surface area contributed by atoms with Crippen molar-refractivity contribution in [3.63, 3.8) is 0 Å². The van der Waals surface area contributed by atoms with E-state index in [0.29, 0.717) is 5.56 Å². The Morgan fingerprint density at radius 3 is 2.80 bits per heavy atom. The second-order valence-electron chi connectivity index (χ2n) is 5.66. The summed E-state index contributed by atoms with van der Waals surface area (Å²) in [5.74, 6) is -0.345. The van der Waals surface area contributed by atoms with Crippen LogP contribution in [-0.4, -0.2) is 26.1 Å². The van der Waals surface area contributed by atoms with Crippen LogP contribution in [0.3, 0.4) is 0 Å². The Morgan fingerprint density at radius 1 is 1.24 bits per heavy atom. The molecule has 128 valence electrons. The predicted octanol–water partition coefficient (Wildman–Crippen LogP) is 2.99. The van der Waals surface area contributed by atoms with E-state index in [1.165, 1.54) is 16.9 Å². The molecule has 0 fully saturated rings. The second kappa shape index (κ2) is 7.21. The highest BCUT2D eigenvalue weighted by Crippen LogP contribution is 2.21. The van der Waals surface area contributed by atoms with E-state index in [9.17, 15) is 9.18 Å². The van der Waals surface area contributed by atoms with Crippen molar-refractivity contribution in [1.29, 1.82) is 0 Å². The zero-order chi connectivity index (χ0) is 17.8. The van der Waals surface area contributed by atoms with Gasteiger partial charge in [-0.1, -0.05) is 37.3 Å². The van der Waals surface area contributed by atoms with Gasteiger partial charge in [-0.3, -0.25) is 4.79 Å². The Balaban J connectivity index is 1.72. The van der Waals surface area contributed by atoms with E-state index >= 15 is 0 Å².